The molecule has 1 aromatic rings. The Labute approximate surface area is 144 Å². The van der Waals surface area contributed by atoms with Crippen LogP contribution < -0.4 is 10.6 Å². The number of likely N-dealkylation sites (N-methyl/N-ethyl adjacent to an activating group) is 1. The van der Waals surface area contributed by atoms with Crippen LogP contribution in [-0.4, -0.2) is 50.6 Å². The van der Waals surface area contributed by atoms with Crippen molar-refractivity contribution in [3.63, 3.8) is 0 Å². The van der Waals surface area contributed by atoms with Gasteiger partial charge in [-0.15, -0.1) is 0 Å². The number of benzene rings is 1. The number of hydrogen-bond acceptors (Lipinski definition) is 3. The molecule has 0 saturated carbocycles. The van der Waals surface area contributed by atoms with Gasteiger partial charge in [0.25, 0.3) is 5.91 Å². The Kier molecular flexibility index (Phi) is 6.78. The van der Waals surface area contributed by atoms with Crippen molar-refractivity contribution in [1.29, 1.82) is 0 Å². The lowest BCUT2D eigenvalue weighted by Gasteiger charge is -2.31. The minimum Gasteiger partial charge on any atom is -0.352 e. The van der Waals surface area contributed by atoms with Gasteiger partial charge in [0.05, 0.1) is 5.56 Å². The van der Waals surface area contributed by atoms with Gasteiger partial charge >= 0.3 is 6.18 Å². The summed E-state index contributed by atoms with van der Waals surface area (Å²) in [6.07, 6.45) is -2.96. The van der Waals surface area contributed by atoms with E-state index in [9.17, 15) is 22.4 Å². The molecule has 1 fully saturated rings. The molecule has 1 aliphatic rings. The van der Waals surface area contributed by atoms with Crippen molar-refractivity contribution >= 4 is 5.91 Å². The van der Waals surface area contributed by atoms with Gasteiger partial charge in [0.15, 0.2) is 0 Å². The summed E-state index contributed by atoms with van der Waals surface area (Å²) in [6, 6.07) is 2.31. The molecule has 1 saturated heterocycles. The number of amides is 1. The molecule has 1 amide bonds. The lowest BCUT2D eigenvalue weighted by molar-refractivity contribution is -0.140. The lowest BCUT2D eigenvalue weighted by atomic mass is 9.96. The first-order valence-corrected chi connectivity index (χ1v) is 8.33. The van der Waals surface area contributed by atoms with Crippen LogP contribution in [0.25, 0.3) is 0 Å². The van der Waals surface area contributed by atoms with Crippen LogP contribution in [0.15, 0.2) is 18.2 Å². The molecule has 0 bridgehead atoms. The maximum Gasteiger partial charge on any atom is 0.419 e. The van der Waals surface area contributed by atoms with E-state index in [1.165, 1.54) is 0 Å². The fourth-order valence-electron chi connectivity index (χ4n) is 2.91. The first kappa shape index (κ1) is 19.7. The summed E-state index contributed by atoms with van der Waals surface area (Å²) in [7, 11) is 1.90. The van der Waals surface area contributed by atoms with Crippen molar-refractivity contribution in [2.75, 3.05) is 39.8 Å². The molecule has 2 rings (SSSR count). The number of carbonyl (C=O) groups excluding carboxylic acids is 1. The van der Waals surface area contributed by atoms with Crippen LogP contribution in [0, 0.1) is 11.7 Å². The van der Waals surface area contributed by atoms with Crippen LogP contribution in [-0.2, 0) is 6.18 Å². The lowest BCUT2D eigenvalue weighted by Crippen LogP contribution is -2.40. The molecule has 0 spiro atoms. The third kappa shape index (κ3) is 5.67. The Morgan fingerprint density at radius 2 is 1.96 bits per heavy atom. The van der Waals surface area contributed by atoms with E-state index < -0.39 is 23.5 Å². The van der Waals surface area contributed by atoms with E-state index in [1.54, 1.807) is 0 Å². The fraction of sp³-hybridized carbons (Fsp3) is 0.588. The molecule has 140 valence electrons. The minimum absolute atomic E-state index is 0.180. The van der Waals surface area contributed by atoms with E-state index in [1.807, 2.05) is 7.05 Å². The molecule has 8 heteroatoms. The number of carbonyl (C=O) groups is 1. The van der Waals surface area contributed by atoms with E-state index >= 15 is 0 Å². The predicted molar refractivity (Wildman–Crippen MR) is 86.8 cm³/mol. The normalized spacial score (nSPS) is 16.8. The van der Waals surface area contributed by atoms with Crippen molar-refractivity contribution in [2.45, 2.75) is 19.0 Å². The zero-order chi connectivity index (χ0) is 18.4. The van der Waals surface area contributed by atoms with E-state index in [4.69, 9.17) is 0 Å². The van der Waals surface area contributed by atoms with Crippen LogP contribution in [0.5, 0.6) is 0 Å². The van der Waals surface area contributed by atoms with E-state index in [-0.39, 0.29) is 5.56 Å². The summed E-state index contributed by atoms with van der Waals surface area (Å²) in [5.41, 5.74) is -1.60. The molecule has 1 aliphatic heterocycles. The average Bonchev–Trinajstić information content (AvgIpc) is 2.58. The highest BCUT2D eigenvalue weighted by Gasteiger charge is 2.34. The molecule has 25 heavy (non-hydrogen) atoms. The standard InChI is InChI=1S/C17H23F4N3O/c1-22-6-9-24-7-4-12(5-8-24)11-23-16(25)13-2-3-15(18)14(10-13)17(19,20)21/h2-3,10,12,22H,4-9,11H2,1H3,(H,23,25). The number of hydrogen-bond donors (Lipinski definition) is 2. The Morgan fingerprint density at radius 3 is 2.56 bits per heavy atom. The largest absolute Gasteiger partial charge is 0.419 e. The molecular weight excluding hydrogens is 338 g/mol. The highest BCUT2D eigenvalue weighted by atomic mass is 19.4. The van der Waals surface area contributed by atoms with Gasteiger partial charge in [-0.05, 0) is 57.1 Å². The molecule has 1 heterocycles. The Morgan fingerprint density at radius 1 is 1.28 bits per heavy atom. The molecule has 1 aromatic carbocycles. The number of likely N-dealkylation sites (tertiary alicyclic amines) is 1. The average molecular weight is 361 g/mol. The molecule has 0 unspecified atom stereocenters. The van der Waals surface area contributed by atoms with Gasteiger partial charge in [-0.1, -0.05) is 0 Å². The van der Waals surface area contributed by atoms with Crippen LogP contribution >= 0.6 is 0 Å². The highest BCUT2D eigenvalue weighted by molar-refractivity contribution is 5.94. The van der Waals surface area contributed by atoms with E-state index in [2.05, 4.69) is 15.5 Å². The van der Waals surface area contributed by atoms with Crippen molar-refractivity contribution in [2.24, 2.45) is 5.92 Å². The minimum atomic E-state index is -4.82. The van der Waals surface area contributed by atoms with Gasteiger partial charge in [-0.3, -0.25) is 4.79 Å². The second-order valence-corrected chi connectivity index (χ2v) is 6.29. The molecule has 0 aliphatic carbocycles. The zero-order valence-electron chi connectivity index (χ0n) is 14.1. The smallest absolute Gasteiger partial charge is 0.352 e. The summed E-state index contributed by atoms with van der Waals surface area (Å²) in [4.78, 5) is 14.4. The second-order valence-electron chi connectivity index (χ2n) is 6.29. The number of nitrogens with one attached hydrogen (secondary N) is 2. The van der Waals surface area contributed by atoms with Crippen LogP contribution in [0.2, 0.25) is 0 Å². The third-order valence-corrected chi connectivity index (χ3v) is 4.47. The van der Waals surface area contributed by atoms with Crippen LogP contribution in [0.4, 0.5) is 17.6 Å². The zero-order valence-corrected chi connectivity index (χ0v) is 14.1. The number of nitrogens with zero attached hydrogens (tertiary/aromatic N) is 1. The summed E-state index contributed by atoms with van der Waals surface area (Å²) in [5.74, 6) is -1.68. The molecular formula is C17H23F4N3O. The monoisotopic (exact) mass is 361 g/mol. The van der Waals surface area contributed by atoms with E-state index in [0.717, 1.165) is 45.1 Å². The van der Waals surface area contributed by atoms with Crippen molar-refractivity contribution in [3.8, 4) is 0 Å². The topological polar surface area (TPSA) is 44.4 Å². The third-order valence-electron chi connectivity index (χ3n) is 4.47. The van der Waals surface area contributed by atoms with Crippen LogP contribution in [0.1, 0.15) is 28.8 Å². The Hall–Kier alpha value is -1.67. The maximum atomic E-state index is 13.3. The number of halogens is 4. The summed E-state index contributed by atoms with van der Waals surface area (Å²) < 4.78 is 51.4. The Bertz CT molecular complexity index is 584. The van der Waals surface area contributed by atoms with Gasteiger partial charge in [0.1, 0.15) is 5.82 Å². The molecule has 4 nitrogen and oxygen atoms in total. The molecule has 0 atom stereocenters. The molecule has 0 aromatic heterocycles. The number of piperidine rings is 1. The highest BCUT2D eigenvalue weighted by Crippen LogP contribution is 2.31. The SMILES string of the molecule is CNCCN1CCC(CNC(=O)c2ccc(F)c(C(F)(F)F)c2)CC1. The number of alkyl halides is 3. The van der Waals surface area contributed by atoms with Gasteiger partial charge in [0.2, 0.25) is 0 Å². The van der Waals surface area contributed by atoms with Crippen LogP contribution in [0.3, 0.4) is 0 Å². The molecule has 2 N–H and O–H groups in total. The Balaban J connectivity index is 1.85. The van der Waals surface area contributed by atoms with Crippen molar-refractivity contribution in [1.82, 2.24) is 15.5 Å². The van der Waals surface area contributed by atoms with Gasteiger partial charge in [-0.25, -0.2) is 4.39 Å². The number of rotatable bonds is 6. The first-order chi connectivity index (χ1) is 11.8. The van der Waals surface area contributed by atoms with E-state index in [0.29, 0.717) is 24.6 Å². The van der Waals surface area contributed by atoms with Crippen molar-refractivity contribution < 1.29 is 22.4 Å². The fourth-order valence-corrected chi connectivity index (χ4v) is 2.91. The summed E-state index contributed by atoms with van der Waals surface area (Å²) >= 11 is 0. The van der Waals surface area contributed by atoms with Gasteiger partial charge in [0, 0.05) is 25.2 Å². The summed E-state index contributed by atoms with van der Waals surface area (Å²) in [6.45, 7) is 4.20. The van der Waals surface area contributed by atoms with Gasteiger partial charge < -0.3 is 15.5 Å². The second kappa shape index (κ2) is 8.62. The quantitative estimate of drug-likeness (QED) is 0.766. The van der Waals surface area contributed by atoms with Crippen molar-refractivity contribution in [3.05, 3.63) is 35.1 Å². The molecule has 0 radical (unpaired) electrons. The summed E-state index contributed by atoms with van der Waals surface area (Å²) in [5, 5.41) is 5.76. The predicted octanol–water partition coefficient (Wildman–Crippen LogP) is 2.51. The first-order valence-electron chi connectivity index (χ1n) is 8.33. The maximum absolute atomic E-state index is 13.3. The van der Waals surface area contributed by atoms with Gasteiger partial charge in [-0.2, -0.15) is 13.2 Å².